The Kier molecular flexibility index (Phi) is 4.45. The number of rotatable bonds is 5. The van der Waals surface area contributed by atoms with Crippen LogP contribution in [0.2, 0.25) is 0 Å². The summed E-state index contributed by atoms with van der Waals surface area (Å²) in [5.41, 5.74) is -0.581. The minimum atomic E-state index is -0.581. The van der Waals surface area contributed by atoms with Crippen molar-refractivity contribution in [3.8, 4) is 0 Å². The lowest BCUT2D eigenvalue weighted by atomic mass is 9.94. The van der Waals surface area contributed by atoms with Crippen molar-refractivity contribution in [2.75, 3.05) is 11.9 Å². The number of anilines is 1. The lowest BCUT2D eigenvalue weighted by Gasteiger charge is -2.30. The van der Waals surface area contributed by atoms with Crippen LogP contribution in [0.1, 0.15) is 26.7 Å². The summed E-state index contributed by atoms with van der Waals surface area (Å²) in [4.78, 5) is 15.6. The lowest BCUT2D eigenvalue weighted by molar-refractivity contribution is 0.155. The molecule has 1 aromatic rings. The highest BCUT2D eigenvalue weighted by molar-refractivity contribution is 5.87. The standard InChI is InChI=1S/C10H19N5O2/c1-4-10(5-2,6-16)14-9(17)13-8-11-7-12-15(8)3/h7,16H,4-6H2,1-3H3,(H2,11,12,13,14,17). The van der Waals surface area contributed by atoms with Crippen LogP contribution in [0.5, 0.6) is 0 Å². The summed E-state index contributed by atoms with van der Waals surface area (Å²) in [5, 5.41) is 18.5. The number of urea groups is 1. The van der Waals surface area contributed by atoms with Gasteiger partial charge in [-0.25, -0.2) is 9.48 Å². The molecule has 2 amide bonds. The fraction of sp³-hybridized carbons (Fsp3) is 0.700. The van der Waals surface area contributed by atoms with Gasteiger partial charge in [-0.1, -0.05) is 13.8 Å². The highest BCUT2D eigenvalue weighted by atomic mass is 16.3. The Hall–Kier alpha value is -1.63. The molecule has 0 aliphatic carbocycles. The zero-order chi connectivity index (χ0) is 12.9. The van der Waals surface area contributed by atoms with Crippen molar-refractivity contribution < 1.29 is 9.90 Å². The van der Waals surface area contributed by atoms with Gasteiger partial charge in [-0.3, -0.25) is 5.32 Å². The summed E-state index contributed by atoms with van der Waals surface area (Å²) in [6, 6.07) is -0.390. The predicted molar refractivity (Wildman–Crippen MR) is 63.6 cm³/mol. The van der Waals surface area contributed by atoms with E-state index in [1.54, 1.807) is 7.05 Å². The van der Waals surface area contributed by atoms with Crippen molar-refractivity contribution in [1.29, 1.82) is 0 Å². The number of hydrogen-bond donors (Lipinski definition) is 3. The Balaban J connectivity index is 2.63. The number of aromatic nitrogens is 3. The second-order valence-electron chi connectivity index (χ2n) is 3.93. The largest absolute Gasteiger partial charge is 0.394 e. The molecule has 0 aromatic carbocycles. The van der Waals surface area contributed by atoms with Gasteiger partial charge in [0.25, 0.3) is 0 Å². The molecule has 0 fully saturated rings. The molecule has 7 heteroatoms. The Morgan fingerprint density at radius 3 is 2.59 bits per heavy atom. The number of nitrogens with zero attached hydrogens (tertiary/aromatic N) is 3. The normalized spacial score (nSPS) is 11.3. The fourth-order valence-electron chi connectivity index (χ4n) is 1.47. The number of aliphatic hydroxyl groups is 1. The highest BCUT2D eigenvalue weighted by Gasteiger charge is 2.27. The van der Waals surface area contributed by atoms with Gasteiger partial charge in [0.05, 0.1) is 12.1 Å². The third-order valence-electron chi connectivity index (χ3n) is 2.97. The maximum Gasteiger partial charge on any atom is 0.322 e. The molecule has 0 radical (unpaired) electrons. The van der Waals surface area contributed by atoms with E-state index in [0.29, 0.717) is 18.8 Å². The van der Waals surface area contributed by atoms with Gasteiger partial charge in [0.15, 0.2) is 0 Å². The van der Waals surface area contributed by atoms with E-state index in [0.717, 1.165) is 0 Å². The zero-order valence-corrected chi connectivity index (χ0v) is 10.4. The number of aryl methyl sites for hydroxylation is 1. The Bertz CT molecular complexity index is 364. The molecule has 0 bridgehead atoms. The van der Waals surface area contributed by atoms with Gasteiger partial charge in [-0.05, 0) is 12.8 Å². The van der Waals surface area contributed by atoms with E-state index in [2.05, 4.69) is 20.7 Å². The number of carbonyl (C=O) groups excluding carboxylic acids is 1. The lowest BCUT2D eigenvalue weighted by Crippen LogP contribution is -2.52. The molecule has 0 saturated heterocycles. The Morgan fingerprint density at radius 1 is 1.53 bits per heavy atom. The summed E-state index contributed by atoms with van der Waals surface area (Å²) >= 11 is 0. The zero-order valence-electron chi connectivity index (χ0n) is 10.4. The second-order valence-corrected chi connectivity index (χ2v) is 3.93. The molecule has 1 heterocycles. The third kappa shape index (κ3) is 3.16. The van der Waals surface area contributed by atoms with Gasteiger partial charge < -0.3 is 10.4 Å². The van der Waals surface area contributed by atoms with Crippen LogP contribution in [0.3, 0.4) is 0 Å². The second kappa shape index (κ2) is 5.62. The van der Waals surface area contributed by atoms with E-state index in [1.807, 2.05) is 13.8 Å². The minimum absolute atomic E-state index is 0.0910. The van der Waals surface area contributed by atoms with Gasteiger partial charge in [-0.2, -0.15) is 10.1 Å². The number of hydrogen-bond acceptors (Lipinski definition) is 4. The van der Waals surface area contributed by atoms with Crippen molar-refractivity contribution in [3.63, 3.8) is 0 Å². The van der Waals surface area contributed by atoms with E-state index >= 15 is 0 Å². The summed E-state index contributed by atoms with van der Waals surface area (Å²) in [5.74, 6) is 0.363. The molecular weight excluding hydrogens is 222 g/mol. The first-order chi connectivity index (χ1) is 8.06. The number of amides is 2. The quantitative estimate of drug-likeness (QED) is 0.699. The molecule has 3 N–H and O–H groups in total. The molecule has 0 unspecified atom stereocenters. The van der Waals surface area contributed by atoms with Crippen LogP contribution < -0.4 is 10.6 Å². The molecule has 1 rings (SSSR count). The van der Waals surface area contributed by atoms with E-state index < -0.39 is 5.54 Å². The average molecular weight is 241 g/mol. The van der Waals surface area contributed by atoms with Crippen LogP contribution in [-0.4, -0.2) is 38.0 Å². The first-order valence-corrected chi connectivity index (χ1v) is 5.61. The molecule has 1 aromatic heterocycles. The van der Waals surface area contributed by atoms with Crippen LogP contribution in [0.15, 0.2) is 6.33 Å². The maximum atomic E-state index is 11.7. The van der Waals surface area contributed by atoms with Crippen molar-refractivity contribution in [2.24, 2.45) is 7.05 Å². The third-order valence-corrected chi connectivity index (χ3v) is 2.97. The molecule has 0 aliphatic heterocycles. The van der Waals surface area contributed by atoms with Crippen LogP contribution in [-0.2, 0) is 7.05 Å². The summed E-state index contributed by atoms with van der Waals surface area (Å²) < 4.78 is 1.46. The summed E-state index contributed by atoms with van der Waals surface area (Å²) in [7, 11) is 1.68. The van der Waals surface area contributed by atoms with Crippen LogP contribution in [0.25, 0.3) is 0 Å². The van der Waals surface area contributed by atoms with Crippen molar-refractivity contribution >= 4 is 12.0 Å². The van der Waals surface area contributed by atoms with Crippen LogP contribution >= 0.6 is 0 Å². The Labute approximate surface area is 100 Å². The van der Waals surface area contributed by atoms with Gasteiger partial charge in [0.2, 0.25) is 5.95 Å². The SMILES string of the molecule is CCC(CC)(CO)NC(=O)Nc1ncnn1C. The van der Waals surface area contributed by atoms with Crippen molar-refractivity contribution in [1.82, 2.24) is 20.1 Å². The summed E-state index contributed by atoms with van der Waals surface area (Å²) in [6.07, 6.45) is 2.67. The molecule has 0 saturated carbocycles. The fourth-order valence-corrected chi connectivity index (χ4v) is 1.47. The number of aliphatic hydroxyl groups excluding tert-OH is 1. The van der Waals surface area contributed by atoms with Crippen LogP contribution in [0, 0.1) is 0 Å². The van der Waals surface area contributed by atoms with Crippen molar-refractivity contribution in [3.05, 3.63) is 6.33 Å². The topological polar surface area (TPSA) is 92.1 Å². The first-order valence-electron chi connectivity index (χ1n) is 5.61. The van der Waals surface area contributed by atoms with E-state index in [9.17, 15) is 9.90 Å². The predicted octanol–water partition coefficient (Wildman–Crippen LogP) is 0.488. The Morgan fingerprint density at radius 2 is 2.18 bits per heavy atom. The van der Waals surface area contributed by atoms with Gasteiger partial charge in [0.1, 0.15) is 6.33 Å². The van der Waals surface area contributed by atoms with E-state index in [1.165, 1.54) is 11.0 Å². The monoisotopic (exact) mass is 241 g/mol. The van der Waals surface area contributed by atoms with E-state index in [4.69, 9.17) is 0 Å². The highest BCUT2D eigenvalue weighted by Crippen LogP contribution is 2.14. The number of carbonyl (C=O) groups is 1. The first kappa shape index (κ1) is 13.4. The molecule has 96 valence electrons. The van der Waals surface area contributed by atoms with Gasteiger partial charge in [0, 0.05) is 7.05 Å². The molecule has 0 aliphatic rings. The summed E-state index contributed by atoms with van der Waals surface area (Å²) in [6.45, 7) is 3.75. The molecule has 0 spiro atoms. The molecule has 17 heavy (non-hydrogen) atoms. The smallest absolute Gasteiger partial charge is 0.322 e. The van der Waals surface area contributed by atoms with E-state index in [-0.39, 0.29) is 12.6 Å². The average Bonchev–Trinajstić information content (AvgIpc) is 2.72. The molecule has 7 nitrogen and oxygen atoms in total. The number of nitrogens with one attached hydrogen (secondary N) is 2. The minimum Gasteiger partial charge on any atom is -0.394 e. The van der Waals surface area contributed by atoms with Crippen LogP contribution in [0.4, 0.5) is 10.7 Å². The van der Waals surface area contributed by atoms with Gasteiger partial charge >= 0.3 is 6.03 Å². The maximum absolute atomic E-state index is 11.7. The molecular formula is C10H19N5O2. The van der Waals surface area contributed by atoms with Gasteiger partial charge in [-0.15, -0.1) is 0 Å². The van der Waals surface area contributed by atoms with Crippen molar-refractivity contribution in [2.45, 2.75) is 32.2 Å². The molecule has 0 atom stereocenters.